The largest absolute Gasteiger partial charge is 0.493 e. The molecule has 0 radical (unpaired) electrons. The van der Waals surface area contributed by atoms with E-state index < -0.39 is 5.91 Å². The third kappa shape index (κ3) is 4.26. The van der Waals surface area contributed by atoms with Crippen molar-refractivity contribution in [1.29, 1.82) is 0 Å². The van der Waals surface area contributed by atoms with E-state index in [1.54, 1.807) is 25.3 Å². The Bertz CT molecular complexity index is 1040. The van der Waals surface area contributed by atoms with Crippen molar-refractivity contribution < 1.29 is 18.7 Å². The van der Waals surface area contributed by atoms with Crippen LogP contribution in [0, 0.1) is 5.82 Å². The molecule has 2 unspecified atom stereocenters. The van der Waals surface area contributed by atoms with Gasteiger partial charge < -0.3 is 20.5 Å². The average Bonchev–Trinajstić information content (AvgIpc) is 3.17. The Kier molecular flexibility index (Phi) is 6.15. The fourth-order valence-electron chi connectivity index (χ4n) is 5.58. The summed E-state index contributed by atoms with van der Waals surface area (Å²) in [6.07, 6.45) is 6.41. The number of anilines is 1. The lowest BCUT2D eigenvalue weighted by molar-refractivity contribution is 0.0417. The number of halogens is 1. The fourth-order valence-corrected chi connectivity index (χ4v) is 5.58. The van der Waals surface area contributed by atoms with Crippen LogP contribution in [0.3, 0.4) is 0 Å². The van der Waals surface area contributed by atoms with E-state index in [1.165, 1.54) is 25.3 Å². The van der Waals surface area contributed by atoms with Gasteiger partial charge in [0, 0.05) is 41.4 Å². The molecule has 176 valence electrons. The lowest BCUT2D eigenvalue weighted by atomic mass is 9.87. The van der Waals surface area contributed by atoms with Crippen LogP contribution in [0.15, 0.2) is 30.3 Å². The number of nitrogens with one attached hydrogen (secondary N) is 1. The number of hydrogen-bond acceptors (Lipinski definition) is 5. The SMILES string of the molecule is COc1ccc(C(N)=O)c2c1OCC(N(CCCC1CNc3ccc(F)cc31)C1CCC1)C2. The van der Waals surface area contributed by atoms with E-state index in [2.05, 4.69) is 10.2 Å². The molecular formula is C26H32FN3O3. The molecule has 1 fully saturated rings. The molecule has 6 nitrogen and oxygen atoms in total. The number of methoxy groups -OCH3 is 1. The van der Waals surface area contributed by atoms with E-state index in [9.17, 15) is 9.18 Å². The van der Waals surface area contributed by atoms with Crippen molar-refractivity contribution in [2.24, 2.45) is 5.73 Å². The van der Waals surface area contributed by atoms with Crippen LogP contribution in [0.5, 0.6) is 11.5 Å². The highest BCUT2D eigenvalue weighted by Gasteiger charge is 2.35. The van der Waals surface area contributed by atoms with E-state index in [0.29, 0.717) is 35.6 Å². The Morgan fingerprint density at radius 3 is 2.85 bits per heavy atom. The van der Waals surface area contributed by atoms with Gasteiger partial charge in [0.25, 0.3) is 0 Å². The molecule has 7 heteroatoms. The van der Waals surface area contributed by atoms with Gasteiger partial charge in [-0.15, -0.1) is 0 Å². The third-order valence-corrected chi connectivity index (χ3v) is 7.54. The first-order chi connectivity index (χ1) is 16.0. The Morgan fingerprint density at radius 2 is 2.12 bits per heavy atom. The first-order valence-corrected chi connectivity index (χ1v) is 12.0. The predicted molar refractivity (Wildman–Crippen MR) is 126 cm³/mol. The van der Waals surface area contributed by atoms with Gasteiger partial charge in [-0.05, 0) is 74.5 Å². The predicted octanol–water partition coefficient (Wildman–Crippen LogP) is 4.08. The quantitative estimate of drug-likeness (QED) is 0.630. The summed E-state index contributed by atoms with van der Waals surface area (Å²) in [6.45, 7) is 2.40. The minimum Gasteiger partial charge on any atom is -0.493 e. The summed E-state index contributed by atoms with van der Waals surface area (Å²) in [5, 5.41) is 3.41. The molecule has 0 bridgehead atoms. The van der Waals surface area contributed by atoms with Crippen molar-refractivity contribution >= 4 is 11.6 Å². The van der Waals surface area contributed by atoms with Crippen molar-refractivity contribution in [3.05, 3.63) is 52.8 Å². The van der Waals surface area contributed by atoms with Crippen LogP contribution >= 0.6 is 0 Å². The van der Waals surface area contributed by atoms with Crippen molar-refractivity contribution in [2.45, 2.75) is 56.5 Å². The molecule has 0 spiro atoms. The minimum atomic E-state index is -0.437. The lowest BCUT2D eigenvalue weighted by Crippen LogP contribution is -2.51. The molecule has 33 heavy (non-hydrogen) atoms. The highest BCUT2D eigenvalue weighted by Crippen LogP contribution is 2.40. The third-order valence-electron chi connectivity index (χ3n) is 7.54. The highest BCUT2D eigenvalue weighted by molar-refractivity contribution is 5.95. The summed E-state index contributed by atoms with van der Waals surface area (Å²) in [4.78, 5) is 14.6. The maximum Gasteiger partial charge on any atom is 0.249 e. The summed E-state index contributed by atoms with van der Waals surface area (Å²) in [5.74, 6) is 1.02. The Morgan fingerprint density at radius 1 is 1.27 bits per heavy atom. The molecule has 2 atom stereocenters. The van der Waals surface area contributed by atoms with Gasteiger partial charge >= 0.3 is 0 Å². The normalized spacial score (nSPS) is 21.5. The molecule has 2 aromatic rings. The highest BCUT2D eigenvalue weighted by atomic mass is 19.1. The van der Waals surface area contributed by atoms with Crippen LogP contribution in [0.4, 0.5) is 10.1 Å². The van der Waals surface area contributed by atoms with Gasteiger partial charge in [-0.2, -0.15) is 0 Å². The van der Waals surface area contributed by atoms with Crippen molar-refractivity contribution in [3.63, 3.8) is 0 Å². The van der Waals surface area contributed by atoms with Crippen LogP contribution in [-0.2, 0) is 6.42 Å². The van der Waals surface area contributed by atoms with Crippen LogP contribution in [0.25, 0.3) is 0 Å². The number of hydrogen-bond donors (Lipinski definition) is 2. The number of benzene rings is 2. The number of nitrogens with zero attached hydrogens (tertiary/aromatic N) is 1. The van der Waals surface area contributed by atoms with E-state index in [4.69, 9.17) is 15.2 Å². The van der Waals surface area contributed by atoms with E-state index in [1.807, 2.05) is 6.07 Å². The summed E-state index contributed by atoms with van der Waals surface area (Å²) in [5.41, 5.74) is 9.19. The van der Waals surface area contributed by atoms with Crippen molar-refractivity contribution in [3.8, 4) is 11.5 Å². The Hall–Kier alpha value is -2.80. The number of fused-ring (bicyclic) bond motifs is 2. The molecule has 1 amide bonds. The number of carbonyl (C=O) groups excluding carboxylic acids is 1. The average molecular weight is 454 g/mol. The number of nitrogens with two attached hydrogens (primary N) is 1. The maximum absolute atomic E-state index is 13.8. The summed E-state index contributed by atoms with van der Waals surface area (Å²) in [6, 6.07) is 9.26. The van der Waals surface area contributed by atoms with E-state index in [0.717, 1.165) is 49.2 Å². The Labute approximate surface area is 194 Å². The molecule has 2 aliphatic heterocycles. The van der Waals surface area contributed by atoms with Gasteiger partial charge in [0.2, 0.25) is 5.91 Å². The molecule has 0 aromatic heterocycles. The molecule has 3 aliphatic rings. The zero-order chi connectivity index (χ0) is 22.9. The maximum atomic E-state index is 13.8. The first-order valence-electron chi connectivity index (χ1n) is 12.0. The van der Waals surface area contributed by atoms with Gasteiger partial charge in [0.1, 0.15) is 12.4 Å². The first kappa shape index (κ1) is 22.0. The van der Waals surface area contributed by atoms with Crippen LogP contribution < -0.4 is 20.5 Å². The van der Waals surface area contributed by atoms with Crippen molar-refractivity contribution in [1.82, 2.24) is 4.90 Å². The standard InChI is InChI=1S/C26H32FN3O3/c1-32-24-10-8-20(26(28)31)22-13-19(15-33-25(22)24)30(18-5-2-6-18)11-3-4-16-14-29-23-9-7-17(27)12-21(16)23/h7-10,12,16,18-19,29H,2-6,11,13-15H2,1H3,(H2,28,31). The summed E-state index contributed by atoms with van der Waals surface area (Å²) >= 11 is 0. The number of amides is 1. The summed E-state index contributed by atoms with van der Waals surface area (Å²) in [7, 11) is 1.61. The molecule has 1 aliphatic carbocycles. The summed E-state index contributed by atoms with van der Waals surface area (Å²) < 4.78 is 25.4. The van der Waals surface area contributed by atoms with Gasteiger partial charge in [-0.25, -0.2) is 4.39 Å². The van der Waals surface area contributed by atoms with E-state index >= 15 is 0 Å². The zero-order valence-corrected chi connectivity index (χ0v) is 19.1. The molecular weight excluding hydrogens is 421 g/mol. The second kappa shape index (κ2) is 9.21. The van der Waals surface area contributed by atoms with Crippen LogP contribution in [-0.4, -0.2) is 49.7 Å². The number of ether oxygens (including phenoxy) is 2. The monoisotopic (exact) mass is 453 g/mol. The van der Waals surface area contributed by atoms with Crippen LogP contribution in [0.2, 0.25) is 0 Å². The number of rotatable bonds is 8. The lowest BCUT2D eigenvalue weighted by Gasteiger charge is -2.44. The Balaban J connectivity index is 1.29. The topological polar surface area (TPSA) is 76.8 Å². The fraction of sp³-hybridized carbons (Fsp3) is 0.500. The van der Waals surface area contributed by atoms with Gasteiger partial charge in [0.05, 0.1) is 7.11 Å². The van der Waals surface area contributed by atoms with Crippen molar-refractivity contribution in [2.75, 3.05) is 32.1 Å². The molecule has 1 saturated carbocycles. The molecule has 2 heterocycles. The minimum absolute atomic E-state index is 0.169. The smallest absolute Gasteiger partial charge is 0.249 e. The molecule has 0 saturated heterocycles. The number of primary amides is 1. The second-order valence-corrected chi connectivity index (χ2v) is 9.43. The van der Waals surface area contributed by atoms with Gasteiger partial charge in [-0.1, -0.05) is 6.42 Å². The van der Waals surface area contributed by atoms with Gasteiger partial charge in [0.15, 0.2) is 11.5 Å². The van der Waals surface area contributed by atoms with Crippen LogP contribution in [0.1, 0.15) is 59.5 Å². The zero-order valence-electron chi connectivity index (χ0n) is 19.1. The molecule has 3 N–H and O–H groups in total. The molecule has 2 aromatic carbocycles. The molecule has 5 rings (SSSR count). The second-order valence-electron chi connectivity index (χ2n) is 9.43. The number of carbonyl (C=O) groups is 1. The van der Waals surface area contributed by atoms with E-state index in [-0.39, 0.29) is 11.9 Å². The van der Waals surface area contributed by atoms with Gasteiger partial charge in [-0.3, -0.25) is 9.69 Å².